The van der Waals surface area contributed by atoms with E-state index in [4.69, 9.17) is 23.2 Å². The minimum Gasteiger partial charge on any atom is -0.262 e. The molecule has 1 N–H and O–H groups in total. The number of rotatable bonds is 3. The van der Waals surface area contributed by atoms with Gasteiger partial charge in [-0.15, -0.1) is 0 Å². The molecule has 2 heterocycles. The highest BCUT2D eigenvalue weighted by atomic mass is 79.9. The number of aromatic nitrogens is 2. The summed E-state index contributed by atoms with van der Waals surface area (Å²) in [6.45, 7) is 0. The van der Waals surface area contributed by atoms with Gasteiger partial charge in [0.1, 0.15) is 10.0 Å². The number of nitrogens with one attached hydrogen (secondary N) is 1. The lowest BCUT2D eigenvalue weighted by molar-refractivity contribution is 0.600. The predicted octanol–water partition coefficient (Wildman–Crippen LogP) is 3.35. The van der Waals surface area contributed by atoms with Crippen LogP contribution in [0.2, 0.25) is 10.2 Å². The molecule has 0 aliphatic carbocycles. The van der Waals surface area contributed by atoms with E-state index < -0.39 is 10.0 Å². The Hall–Kier alpha value is -0.890. The van der Waals surface area contributed by atoms with E-state index in [1.165, 1.54) is 24.5 Å². The van der Waals surface area contributed by atoms with Gasteiger partial charge >= 0.3 is 0 Å². The summed E-state index contributed by atoms with van der Waals surface area (Å²) in [5.74, 6) is 0.0280. The number of halogens is 3. The van der Waals surface area contributed by atoms with Gasteiger partial charge < -0.3 is 0 Å². The first-order valence-corrected chi connectivity index (χ1v) is 7.88. The first-order valence-electron chi connectivity index (χ1n) is 4.84. The van der Waals surface area contributed by atoms with Crippen LogP contribution < -0.4 is 4.72 Å². The smallest absolute Gasteiger partial charge is 0.262 e. The van der Waals surface area contributed by atoms with Crippen LogP contribution >= 0.6 is 39.1 Å². The van der Waals surface area contributed by atoms with Crippen molar-refractivity contribution < 1.29 is 8.42 Å². The van der Waals surface area contributed by atoms with E-state index in [0.717, 1.165) is 0 Å². The van der Waals surface area contributed by atoms with Crippen molar-refractivity contribution in [2.75, 3.05) is 4.72 Å². The van der Waals surface area contributed by atoms with E-state index in [1.807, 2.05) is 0 Å². The van der Waals surface area contributed by atoms with Gasteiger partial charge in [0.2, 0.25) is 0 Å². The van der Waals surface area contributed by atoms with Gasteiger partial charge in [0.25, 0.3) is 10.0 Å². The summed E-state index contributed by atoms with van der Waals surface area (Å²) in [5, 5.41) is 0.0490. The van der Waals surface area contributed by atoms with Crippen molar-refractivity contribution in [3.63, 3.8) is 0 Å². The van der Waals surface area contributed by atoms with Crippen molar-refractivity contribution in [2.45, 2.75) is 4.90 Å². The van der Waals surface area contributed by atoms with Crippen LogP contribution in [0.15, 0.2) is 40.0 Å². The molecule has 5 nitrogen and oxygen atoms in total. The van der Waals surface area contributed by atoms with Crippen molar-refractivity contribution in [3.8, 4) is 0 Å². The van der Waals surface area contributed by atoms with Crippen molar-refractivity contribution >= 4 is 55.0 Å². The summed E-state index contributed by atoms with van der Waals surface area (Å²) in [7, 11) is -3.91. The molecule has 0 aromatic carbocycles. The molecule has 0 bridgehead atoms. The number of nitrogens with zero attached hydrogens (tertiary/aromatic N) is 2. The molecular formula is C10H6BrCl2N3O2S. The lowest BCUT2D eigenvalue weighted by Gasteiger charge is -2.09. The van der Waals surface area contributed by atoms with Crippen molar-refractivity contribution in [2.24, 2.45) is 0 Å². The average Bonchev–Trinajstić information content (AvgIpc) is 2.35. The monoisotopic (exact) mass is 381 g/mol. The van der Waals surface area contributed by atoms with Gasteiger partial charge in [-0.1, -0.05) is 23.2 Å². The fourth-order valence-corrected chi connectivity index (χ4v) is 3.43. The van der Waals surface area contributed by atoms with Gasteiger partial charge in [-0.25, -0.2) is 18.4 Å². The number of pyridine rings is 2. The van der Waals surface area contributed by atoms with E-state index in [2.05, 4.69) is 30.6 Å². The van der Waals surface area contributed by atoms with Gasteiger partial charge in [-0.3, -0.25) is 4.72 Å². The van der Waals surface area contributed by atoms with Crippen LogP contribution in [0.3, 0.4) is 0 Å². The van der Waals surface area contributed by atoms with Crippen molar-refractivity contribution in [1.29, 1.82) is 0 Å². The first kappa shape index (κ1) is 14.5. The van der Waals surface area contributed by atoms with Crippen molar-refractivity contribution in [3.05, 3.63) is 45.2 Å². The van der Waals surface area contributed by atoms with Crippen LogP contribution in [-0.2, 0) is 10.0 Å². The minimum atomic E-state index is -3.91. The van der Waals surface area contributed by atoms with Crippen LogP contribution in [0.4, 0.5) is 5.82 Å². The SMILES string of the molecule is O=S(=O)(Nc1ncccc1Cl)c1cc(Br)cnc1Cl. The fraction of sp³-hybridized carbons (Fsp3) is 0. The van der Waals surface area contributed by atoms with Crippen LogP contribution in [-0.4, -0.2) is 18.4 Å². The molecule has 2 rings (SSSR count). The van der Waals surface area contributed by atoms with Gasteiger partial charge in [0.05, 0.1) is 5.02 Å². The lowest BCUT2D eigenvalue weighted by atomic mass is 10.5. The number of sulfonamides is 1. The quantitative estimate of drug-likeness (QED) is 0.826. The van der Waals surface area contributed by atoms with E-state index in [1.54, 1.807) is 6.07 Å². The molecule has 0 aliphatic heterocycles. The van der Waals surface area contributed by atoms with Gasteiger partial charge in [0, 0.05) is 16.9 Å². The Bertz CT molecular complexity index is 724. The van der Waals surface area contributed by atoms with Crippen LogP contribution in [0.1, 0.15) is 0 Å². The predicted molar refractivity (Wildman–Crippen MR) is 77.0 cm³/mol. The molecule has 0 unspecified atom stereocenters. The summed E-state index contributed by atoms with van der Waals surface area (Å²) < 4.78 is 27.1. The summed E-state index contributed by atoms with van der Waals surface area (Å²) >= 11 is 14.8. The Morgan fingerprint density at radius 1 is 1.26 bits per heavy atom. The van der Waals surface area contributed by atoms with Gasteiger partial charge in [-0.05, 0) is 34.1 Å². The third kappa shape index (κ3) is 3.36. The zero-order chi connectivity index (χ0) is 14.0. The van der Waals surface area contributed by atoms with E-state index in [0.29, 0.717) is 4.47 Å². The summed E-state index contributed by atoms with van der Waals surface area (Å²) in [6.07, 6.45) is 2.82. The zero-order valence-corrected chi connectivity index (χ0v) is 13.1. The van der Waals surface area contributed by atoms with Crippen molar-refractivity contribution in [1.82, 2.24) is 9.97 Å². The molecule has 2 aromatic rings. The molecule has 0 radical (unpaired) electrons. The number of hydrogen-bond acceptors (Lipinski definition) is 4. The van der Waals surface area contributed by atoms with E-state index in [9.17, 15) is 8.42 Å². The Balaban J connectivity index is 2.44. The topological polar surface area (TPSA) is 72.0 Å². The molecular weight excluding hydrogens is 377 g/mol. The normalized spacial score (nSPS) is 11.3. The van der Waals surface area contributed by atoms with Crippen LogP contribution in [0, 0.1) is 0 Å². The standard InChI is InChI=1S/C10H6BrCl2N3O2S/c11-6-4-8(9(13)15-5-6)19(17,18)16-10-7(12)2-1-3-14-10/h1-5H,(H,14,16). The third-order valence-corrected chi connectivity index (χ3v) is 4.56. The highest BCUT2D eigenvalue weighted by Gasteiger charge is 2.21. The first-order chi connectivity index (χ1) is 8.90. The third-order valence-electron chi connectivity index (χ3n) is 2.05. The van der Waals surface area contributed by atoms with Gasteiger partial charge in [0.15, 0.2) is 5.82 Å². The van der Waals surface area contributed by atoms with Crippen LogP contribution in [0.5, 0.6) is 0 Å². The molecule has 0 atom stereocenters. The second kappa shape index (κ2) is 5.62. The molecule has 0 aliphatic rings. The average molecular weight is 383 g/mol. The molecule has 0 saturated carbocycles. The molecule has 0 saturated heterocycles. The second-order valence-electron chi connectivity index (χ2n) is 3.38. The Morgan fingerprint density at radius 3 is 2.68 bits per heavy atom. The summed E-state index contributed by atoms with van der Waals surface area (Å²) in [6, 6.07) is 4.45. The lowest BCUT2D eigenvalue weighted by Crippen LogP contribution is -2.15. The summed E-state index contributed by atoms with van der Waals surface area (Å²) in [5.41, 5.74) is 0. The van der Waals surface area contributed by atoms with E-state index >= 15 is 0 Å². The molecule has 2 aromatic heterocycles. The zero-order valence-electron chi connectivity index (χ0n) is 9.14. The molecule has 19 heavy (non-hydrogen) atoms. The van der Waals surface area contributed by atoms with Crippen LogP contribution in [0.25, 0.3) is 0 Å². The largest absolute Gasteiger partial charge is 0.266 e. The molecule has 9 heteroatoms. The fourth-order valence-electron chi connectivity index (χ4n) is 1.24. The van der Waals surface area contributed by atoms with Gasteiger partial charge in [-0.2, -0.15) is 0 Å². The highest BCUT2D eigenvalue weighted by molar-refractivity contribution is 9.10. The maximum absolute atomic E-state index is 12.2. The van der Waals surface area contributed by atoms with E-state index in [-0.39, 0.29) is 20.9 Å². The molecule has 100 valence electrons. The Morgan fingerprint density at radius 2 is 2.00 bits per heavy atom. The maximum Gasteiger partial charge on any atom is 0.266 e. The maximum atomic E-state index is 12.2. The molecule has 0 fully saturated rings. The number of anilines is 1. The Kier molecular flexibility index (Phi) is 4.29. The second-order valence-corrected chi connectivity index (χ2v) is 6.71. The number of hydrogen-bond donors (Lipinski definition) is 1. The molecule has 0 spiro atoms. The highest BCUT2D eigenvalue weighted by Crippen LogP contribution is 2.26. The molecule has 0 amide bonds. The Labute approximate surface area is 128 Å². The summed E-state index contributed by atoms with van der Waals surface area (Å²) in [4.78, 5) is 7.44. The minimum absolute atomic E-state index is 0.0280.